The second-order valence-corrected chi connectivity index (χ2v) is 10.1. The average molecular weight is 412 g/mol. The maximum absolute atomic E-state index is 9.02. The Labute approximate surface area is 177 Å². The summed E-state index contributed by atoms with van der Waals surface area (Å²) in [4.78, 5) is 7.02. The van der Waals surface area contributed by atoms with E-state index in [0.29, 0.717) is 6.10 Å². The van der Waals surface area contributed by atoms with E-state index in [1.165, 1.54) is 5.56 Å². The van der Waals surface area contributed by atoms with Gasteiger partial charge in [-0.05, 0) is 57.4 Å². The van der Waals surface area contributed by atoms with Crippen LogP contribution in [0.2, 0.25) is 0 Å². The van der Waals surface area contributed by atoms with Gasteiger partial charge in [0.2, 0.25) is 0 Å². The van der Waals surface area contributed by atoms with Gasteiger partial charge < -0.3 is 9.47 Å². The second-order valence-electron chi connectivity index (χ2n) is 8.98. The molecule has 154 valence electrons. The Morgan fingerprint density at radius 3 is 2.72 bits per heavy atom. The Morgan fingerprint density at radius 1 is 1.34 bits per heavy atom. The number of hydrogen-bond donors (Lipinski definition) is 0. The van der Waals surface area contributed by atoms with Crippen LogP contribution in [0.4, 0.5) is 0 Å². The number of methoxy groups -OCH3 is 1. The normalized spacial score (nSPS) is 26.1. The Bertz CT molecular complexity index is 878. The molecule has 2 aliphatic heterocycles. The van der Waals surface area contributed by atoms with Gasteiger partial charge in [-0.15, -0.1) is 0 Å². The van der Waals surface area contributed by atoms with E-state index < -0.39 is 0 Å². The van der Waals surface area contributed by atoms with Crippen LogP contribution in [-0.2, 0) is 17.7 Å². The van der Waals surface area contributed by atoms with E-state index >= 15 is 0 Å². The fourth-order valence-corrected chi connectivity index (χ4v) is 5.48. The third-order valence-electron chi connectivity index (χ3n) is 6.37. The summed E-state index contributed by atoms with van der Waals surface area (Å²) in [6.45, 7) is 7.38. The first-order chi connectivity index (χ1) is 13.9. The summed E-state index contributed by atoms with van der Waals surface area (Å²) in [5, 5.41) is 11.0. The predicted molar refractivity (Wildman–Crippen MR) is 114 cm³/mol. The lowest BCUT2D eigenvalue weighted by atomic mass is 9.70. The van der Waals surface area contributed by atoms with Crippen LogP contribution in [0.5, 0.6) is 5.06 Å². The fraction of sp³-hybridized carbons (Fsp3) is 0.565. The highest BCUT2D eigenvalue weighted by molar-refractivity contribution is 7.13. The number of thiazole rings is 1. The summed E-state index contributed by atoms with van der Waals surface area (Å²) >= 11 is 1.63. The number of rotatable bonds is 7. The highest BCUT2D eigenvalue weighted by Gasteiger charge is 2.52. The van der Waals surface area contributed by atoms with Crippen molar-refractivity contribution < 1.29 is 9.47 Å². The molecule has 0 amide bonds. The van der Waals surface area contributed by atoms with Crippen molar-refractivity contribution in [2.45, 2.75) is 57.8 Å². The molecule has 2 aliphatic rings. The Balaban J connectivity index is 1.44. The molecule has 5 nitrogen and oxygen atoms in total. The van der Waals surface area contributed by atoms with Crippen LogP contribution in [0.15, 0.2) is 30.5 Å². The van der Waals surface area contributed by atoms with Gasteiger partial charge >= 0.3 is 0 Å². The molecule has 2 aromatic rings. The molecule has 1 aromatic heterocycles. The van der Waals surface area contributed by atoms with Gasteiger partial charge in [0.1, 0.15) is 5.01 Å². The third kappa shape index (κ3) is 4.48. The first-order valence-electron chi connectivity index (χ1n) is 10.3. The standard InChI is InChI=1S/C23H29N3O2S/c1-22(2)12-19(28-22)23(9-8-17-4-6-18(13-24)7-5-17)10-11-26(16-23)15-20-25-14-21(27-3)29-20/h4-7,14,19H,8-12,15-16H2,1-3H3/t19?,23-/m1/s1. The lowest BCUT2D eigenvalue weighted by Gasteiger charge is -2.52. The number of benzene rings is 1. The van der Waals surface area contributed by atoms with Crippen LogP contribution in [0.25, 0.3) is 0 Å². The first-order valence-corrected chi connectivity index (χ1v) is 11.1. The molecule has 3 heterocycles. The summed E-state index contributed by atoms with van der Waals surface area (Å²) in [6.07, 6.45) is 6.55. The molecule has 6 heteroatoms. The van der Waals surface area contributed by atoms with Crippen LogP contribution >= 0.6 is 11.3 Å². The van der Waals surface area contributed by atoms with Crippen LogP contribution in [0.3, 0.4) is 0 Å². The quantitative estimate of drug-likeness (QED) is 0.675. The first kappa shape index (κ1) is 20.3. The van der Waals surface area contributed by atoms with Crippen molar-refractivity contribution in [3.05, 3.63) is 46.6 Å². The predicted octanol–water partition coefficient (Wildman–Crippen LogP) is 4.42. The van der Waals surface area contributed by atoms with Gasteiger partial charge in [0.25, 0.3) is 0 Å². The molecule has 0 bridgehead atoms. The van der Waals surface area contributed by atoms with Crippen LogP contribution < -0.4 is 4.74 Å². The number of nitrogens with zero attached hydrogens (tertiary/aromatic N) is 3. The molecule has 4 rings (SSSR count). The van der Waals surface area contributed by atoms with Crippen molar-refractivity contribution in [2.75, 3.05) is 20.2 Å². The van der Waals surface area contributed by atoms with Crippen LogP contribution in [0.1, 0.15) is 49.2 Å². The van der Waals surface area contributed by atoms with Crippen molar-refractivity contribution in [1.29, 1.82) is 5.26 Å². The summed E-state index contributed by atoms with van der Waals surface area (Å²) in [5.41, 5.74) is 2.20. The molecule has 0 spiro atoms. The number of aryl methyl sites for hydroxylation is 1. The molecule has 2 fully saturated rings. The minimum atomic E-state index is 0.00219. The highest BCUT2D eigenvalue weighted by Crippen LogP contribution is 2.49. The van der Waals surface area contributed by atoms with E-state index in [9.17, 15) is 0 Å². The largest absolute Gasteiger partial charge is 0.486 e. The number of ether oxygens (including phenoxy) is 2. The number of likely N-dealkylation sites (tertiary alicyclic amines) is 1. The highest BCUT2D eigenvalue weighted by atomic mass is 32.1. The molecule has 0 aliphatic carbocycles. The molecular weight excluding hydrogens is 382 g/mol. The van der Waals surface area contributed by atoms with Crippen molar-refractivity contribution in [3.8, 4) is 11.1 Å². The second kappa shape index (κ2) is 8.06. The Morgan fingerprint density at radius 2 is 2.10 bits per heavy atom. The number of aromatic nitrogens is 1. The zero-order valence-electron chi connectivity index (χ0n) is 17.5. The lowest BCUT2D eigenvalue weighted by molar-refractivity contribution is -0.230. The SMILES string of the molecule is COc1cnc(CN2CC[C@@](CCc3ccc(C#N)cc3)(C3CC(C)(C)O3)C2)s1. The molecule has 1 aromatic carbocycles. The van der Waals surface area contributed by atoms with Gasteiger partial charge in [0.05, 0.1) is 43.2 Å². The van der Waals surface area contributed by atoms with Gasteiger partial charge in [-0.3, -0.25) is 4.90 Å². The molecule has 2 atom stereocenters. The minimum absolute atomic E-state index is 0.00219. The maximum atomic E-state index is 9.02. The maximum Gasteiger partial charge on any atom is 0.193 e. The van der Waals surface area contributed by atoms with Gasteiger partial charge in [-0.1, -0.05) is 23.5 Å². The summed E-state index contributed by atoms with van der Waals surface area (Å²) in [5.74, 6) is 0. The Hall–Kier alpha value is -1.94. The molecule has 0 saturated carbocycles. The van der Waals surface area contributed by atoms with E-state index in [1.807, 2.05) is 18.3 Å². The van der Waals surface area contributed by atoms with Gasteiger partial charge in [0, 0.05) is 18.4 Å². The van der Waals surface area contributed by atoms with E-state index in [-0.39, 0.29) is 11.0 Å². The summed E-state index contributed by atoms with van der Waals surface area (Å²) in [7, 11) is 1.69. The van der Waals surface area contributed by atoms with Crippen LogP contribution in [0, 0.1) is 16.7 Å². The van der Waals surface area contributed by atoms with E-state index in [2.05, 4.69) is 41.9 Å². The van der Waals surface area contributed by atoms with Gasteiger partial charge in [-0.25, -0.2) is 4.98 Å². The monoisotopic (exact) mass is 411 g/mol. The third-order valence-corrected chi connectivity index (χ3v) is 7.32. The van der Waals surface area contributed by atoms with Crippen molar-refractivity contribution in [3.63, 3.8) is 0 Å². The molecule has 0 N–H and O–H groups in total. The van der Waals surface area contributed by atoms with E-state index in [0.717, 1.165) is 61.0 Å². The summed E-state index contributed by atoms with van der Waals surface area (Å²) < 4.78 is 11.6. The average Bonchev–Trinajstić information content (AvgIpc) is 3.33. The number of hydrogen-bond acceptors (Lipinski definition) is 6. The fourth-order valence-electron chi connectivity index (χ4n) is 4.70. The zero-order valence-corrected chi connectivity index (χ0v) is 18.3. The number of nitriles is 1. The zero-order chi connectivity index (χ0) is 20.5. The van der Waals surface area contributed by atoms with Crippen LogP contribution in [-0.4, -0.2) is 41.8 Å². The van der Waals surface area contributed by atoms with Crippen molar-refractivity contribution in [1.82, 2.24) is 9.88 Å². The minimum Gasteiger partial charge on any atom is -0.486 e. The molecule has 29 heavy (non-hydrogen) atoms. The molecule has 1 unspecified atom stereocenters. The molecular formula is C23H29N3O2S. The Kier molecular flexibility index (Phi) is 5.65. The molecule has 0 radical (unpaired) electrons. The topological polar surface area (TPSA) is 58.4 Å². The molecule has 2 saturated heterocycles. The van der Waals surface area contributed by atoms with E-state index in [1.54, 1.807) is 18.4 Å². The van der Waals surface area contributed by atoms with Crippen molar-refractivity contribution in [2.24, 2.45) is 5.41 Å². The lowest BCUT2D eigenvalue weighted by Crippen LogP contribution is -2.55. The van der Waals surface area contributed by atoms with Gasteiger partial charge in [0.15, 0.2) is 5.06 Å². The van der Waals surface area contributed by atoms with Crippen molar-refractivity contribution >= 4 is 11.3 Å². The van der Waals surface area contributed by atoms with E-state index in [4.69, 9.17) is 14.7 Å². The summed E-state index contributed by atoms with van der Waals surface area (Å²) in [6, 6.07) is 10.2. The smallest absolute Gasteiger partial charge is 0.193 e. The van der Waals surface area contributed by atoms with Gasteiger partial charge in [-0.2, -0.15) is 5.26 Å².